The largest absolute Gasteiger partial charge is 0.462 e. The molecule has 6 nitrogen and oxygen atoms in total. The SMILES string of the molecule is CCOC(=O)c1ccc(Nc2cc(C)nc(N3CCc4ccccc4C3)n2)cc1. The van der Waals surface area contributed by atoms with E-state index in [2.05, 4.69) is 39.5 Å². The summed E-state index contributed by atoms with van der Waals surface area (Å²) in [5, 5.41) is 3.31. The van der Waals surface area contributed by atoms with Crippen LogP contribution in [-0.2, 0) is 17.7 Å². The molecule has 4 rings (SSSR count). The molecule has 1 aliphatic rings. The van der Waals surface area contributed by atoms with Crippen molar-refractivity contribution >= 4 is 23.4 Å². The first-order chi connectivity index (χ1) is 14.1. The minimum absolute atomic E-state index is 0.315. The fraction of sp³-hybridized carbons (Fsp3) is 0.261. The highest BCUT2D eigenvalue weighted by Crippen LogP contribution is 2.24. The van der Waals surface area contributed by atoms with E-state index < -0.39 is 0 Å². The average molecular weight is 388 g/mol. The van der Waals surface area contributed by atoms with Gasteiger partial charge in [-0.05, 0) is 55.7 Å². The van der Waals surface area contributed by atoms with E-state index >= 15 is 0 Å². The third-order valence-corrected chi connectivity index (χ3v) is 4.92. The molecule has 0 radical (unpaired) electrons. The van der Waals surface area contributed by atoms with Crippen LogP contribution in [0.1, 0.15) is 34.1 Å². The Hall–Kier alpha value is -3.41. The molecule has 0 saturated carbocycles. The number of nitrogens with one attached hydrogen (secondary N) is 1. The standard InChI is InChI=1S/C23H24N4O2/c1-3-29-22(28)18-8-10-20(11-9-18)25-21-14-16(2)24-23(26-21)27-13-12-17-6-4-5-7-19(17)15-27/h4-11,14H,3,12-13,15H2,1-2H3,(H,24,25,26). The lowest BCUT2D eigenvalue weighted by molar-refractivity contribution is 0.0526. The Labute approximate surface area is 170 Å². The highest BCUT2D eigenvalue weighted by Gasteiger charge is 2.19. The van der Waals surface area contributed by atoms with Gasteiger partial charge in [0.1, 0.15) is 5.82 Å². The van der Waals surface area contributed by atoms with Crippen LogP contribution in [0.5, 0.6) is 0 Å². The second kappa shape index (κ2) is 8.31. The Morgan fingerprint density at radius 2 is 1.86 bits per heavy atom. The van der Waals surface area contributed by atoms with Crippen LogP contribution in [0.25, 0.3) is 0 Å². The van der Waals surface area contributed by atoms with Gasteiger partial charge in [0.25, 0.3) is 0 Å². The molecule has 29 heavy (non-hydrogen) atoms. The van der Waals surface area contributed by atoms with E-state index in [0.717, 1.165) is 42.7 Å². The van der Waals surface area contributed by atoms with Gasteiger partial charge in [-0.25, -0.2) is 9.78 Å². The third kappa shape index (κ3) is 4.37. The number of aromatic nitrogens is 2. The van der Waals surface area contributed by atoms with Gasteiger partial charge in [0.05, 0.1) is 12.2 Å². The first kappa shape index (κ1) is 18.9. The Kier molecular flexibility index (Phi) is 5.42. The number of hydrogen-bond acceptors (Lipinski definition) is 6. The zero-order chi connectivity index (χ0) is 20.2. The van der Waals surface area contributed by atoms with E-state index in [1.807, 2.05) is 25.1 Å². The number of fused-ring (bicyclic) bond motifs is 1. The quantitative estimate of drug-likeness (QED) is 0.659. The summed E-state index contributed by atoms with van der Waals surface area (Å²) < 4.78 is 5.02. The summed E-state index contributed by atoms with van der Waals surface area (Å²) in [6, 6.07) is 17.6. The number of rotatable bonds is 5. The summed E-state index contributed by atoms with van der Waals surface area (Å²) in [5.41, 5.74) is 5.01. The number of ether oxygens (including phenoxy) is 1. The molecule has 2 aromatic carbocycles. The zero-order valence-electron chi connectivity index (χ0n) is 16.7. The smallest absolute Gasteiger partial charge is 0.338 e. The molecule has 2 heterocycles. The van der Waals surface area contributed by atoms with Crippen molar-refractivity contribution in [3.63, 3.8) is 0 Å². The van der Waals surface area contributed by atoms with Crippen molar-refractivity contribution in [3.8, 4) is 0 Å². The van der Waals surface area contributed by atoms with Gasteiger partial charge in [-0.15, -0.1) is 0 Å². The number of carbonyl (C=O) groups excluding carboxylic acids is 1. The Morgan fingerprint density at radius 3 is 2.62 bits per heavy atom. The normalized spacial score (nSPS) is 13.0. The number of nitrogens with zero attached hydrogens (tertiary/aromatic N) is 3. The summed E-state index contributed by atoms with van der Waals surface area (Å²) in [4.78, 5) is 23.4. The van der Waals surface area contributed by atoms with E-state index in [0.29, 0.717) is 12.2 Å². The van der Waals surface area contributed by atoms with Crippen LogP contribution in [0, 0.1) is 6.92 Å². The van der Waals surface area contributed by atoms with Gasteiger partial charge in [-0.2, -0.15) is 4.98 Å². The molecule has 1 aromatic heterocycles. The van der Waals surface area contributed by atoms with E-state index in [1.54, 1.807) is 19.1 Å². The molecule has 0 aliphatic carbocycles. The van der Waals surface area contributed by atoms with Crippen LogP contribution < -0.4 is 10.2 Å². The third-order valence-electron chi connectivity index (χ3n) is 4.92. The highest BCUT2D eigenvalue weighted by atomic mass is 16.5. The van der Waals surface area contributed by atoms with Gasteiger partial charge in [0.15, 0.2) is 0 Å². The lowest BCUT2D eigenvalue weighted by Crippen LogP contribution is -2.32. The molecule has 0 unspecified atom stereocenters. The summed E-state index contributed by atoms with van der Waals surface area (Å²) in [6.45, 7) is 5.84. The minimum Gasteiger partial charge on any atom is -0.462 e. The Morgan fingerprint density at radius 1 is 1.10 bits per heavy atom. The molecule has 0 atom stereocenters. The predicted molar refractivity (Wildman–Crippen MR) is 114 cm³/mol. The molecule has 148 valence electrons. The van der Waals surface area contributed by atoms with Gasteiger partial charge >= 0.3 is 5.97 Å². The number of benzene rings is 2. The number of aryl methyl sites for hydroxylation is 1. The summed E-state index contributed by atoms with van der Waals surface area (Å²) in [7, 11) is 0. The van der Waals surface area contributed by atoms with Crippen molar-refractivity contribution in [2.24, 2.45) is 0 Å². The van der Waals surface area contributed by atoms with Crippen LogP contribution in [-0.4, -0.2) is 29.1 Å². The van der Waals surface area contributed by atoms with Crippen molar-refractivity contribution in [2.75, 3.05) is 23.4 Å². The maximum absolute atomic E-state index is 11.8. The molecular weight excluding hydrogens is 364 g/mol. The van der Waals surface area contributed by atoms with E-state index in [1.165, 1.54) is 11.1 Å². The molecule has 0 saturated heterocycles. The number of hydrogen-bond donors (Lipinski definition) is 1. The fourth-order valence-electron chi connectivity index (χ4n) is 3.48. The fourth-order valence-corrected chi connectivity index (χ4v) is 3.48. The highest BCUT2D eigenvalue weighted by molar-refractivity contribution is 5.89. The predicted octanol–water partition coefficient (Wildman–Crippen LogP) is 4.27. The lowest BCUT2D eigenvalue weighted by atomic mass is 10.0. The molecule has 1 N–H and O–H groups in total. The van der Waals surface area contributed by atoms with Crippen LogP contribution in [0.2, 0.25) is 0 Å². The molecule has 0 amide bonds. The van der Waals surface area contributed by atoms with Gasteiger partial charge in [0, 0.05) is 30.5 Å². The topological polar surface area (TPSA) is 67.3 Å². The maximum atomic E-state index is 11.8. The monoisotopic (exact) mass is 388 g/mol. The molecule has 0 fully saturated rings. The second-order valence-electron chi connectivity index (χ2n) is 7.06. The number of anilines is 3. The second-order valence-corrected chi connectivity index (χ2v) is 7.06. The average Bonchev–Trinajstić information content (AvgIpc) is 2.73. The molecular formula is C23H24N4O2. The van der Waals surface area contributed by atoms with E-state index in [4.69, 9.17) is 9.72 Å². The Balaban J connectivity index is 1.51. The molecule has 6 heteroatoms. The van der Waals surface area contributed by atoms with Crippen LogP contribution in [0.3, 0.4) is 0 Å². The van der Waals surface area contributed by atoms with Gasteiger partial charge < -0.3 is 15.0 Å². The van der Waals surface area contributed by atoms with Gasteiger partial charge in [0.2, 0.25) is 5.95 Å². The lowest BCUT2D eigenvalue weighted by Gasteiger charge is -2.29. The zero-order valence-corrected chi connectivity index (χ0v) is 16.7. The molecule has 3 aromatic rings. The van der Waals surface area contributed by atoms with Crippen molar-refractivity contribution < 1.29 is 9.53 Å². The van der Waals surface area contributed by atoms with Crippen LogP contribution in [0.4, 0.5) is 17.5 Å². The van der Waals surface area contributed by atoms with Crippen LogP contribution >= 0.6 is 0 Å². The van der Waals surface area contributed by atoms with Crippen molar-refractivity contribution in [1.29, 1.82) is 0 Å². The van der Waals surface area contributed by atoms with Crippen LogP contribution in [0.15, 0.2) is 54.6 Å². The maximum Gasteiger partial charge on any atom is 0.338 e. The summed E-state index contributed by atoms with van der Waals surface area (Å²) in [5.74, 6) is 1.14. The molecule has 0 bridgehead atoms. The van der Waals surface area contributed by atoms with Gasteiger partial charge in [-0.1, -0.05) is 24.3 Å². The first-order valence-corrected chi connectivity index (χ1v) is 9.84. The number of esters is 1. The van der Waals surface area contributed by atoms with E-state index in [-0.39, 0.29) is 5.97 Å². The van der Waals surface area contributed by atoms with Crippen molar-refractivity contribution in [2.45, 2.75) is 26.8 Å². The van der Waals surface area contributed by atoms with Crippen molar-refractivity contribution in [1.82, 2.24) is 9.97 Å². The Bertz CT molecular complexity index is 1020. The number of carbonyl (C=O) groups is 1. The van der Waals surface area contributed by atoms with Crippen molar-refractivity contribution in [3.05, 3.63) is 77.0 Å². The summed E-state index contributed by atoms with van der Waals surface area (Å²) >= 11 is 0. The van der Waals surface area contributed by atoms with Gasteiger partial charge in [-0.3, -0.25) is 0 Å². The molecule has 1 aliphatic heterocycles. The summed E-state index contributed by atoms with van der Waals surface area (Å²) in [6.07, 6.45) is 0.992. The minimum atomic E-state index is -0.315. The molecule has 0 spiro atoms. The van der Waals surface area contributed by atoms with E-state index in [9.17, 15) is 4.79 Å². The first-order valence-electron chi connectivity index (χ1n) is 9.84.